The summed E-state index contributed by atoms with van der Waals surface area (Å²) in [6, 6.07) is 6.63. The van der Waals surface area contributed by atoms with E-state index in [-0.39, 0.29) is 35.5 Å². The van der Waals surface area contributed by atoms with Gasteiger partial charge in [-0.25, -0.2) is 13.1 Å². The number of amides is 1. The fourth-order valence-electron chi connectivity index (χ4n) is 2.91. The Hall–Kier alpha value is -2.17. The maximum atomic E-state index is 12.4. The van der Waals surface area contributed by atoms with Crippen molar-refractivity contribution in [2.75, 3.05) is 26.7 Å². The van der Waals surface area contributed by atoms with Crippen LogP contribution in [-0.4, -0.2) is 58.7 Å². The second kappa shape index (κ2) is 10.7. The lowest BCUT2D eigenvalue weighted by Gasteiger charge is -2.21. The van der Waals surface area contributed by atoms with Gasteiger partial charge in [0, 0.05) is 32.3 Å². The molecule has 1 aliphatic rings. The molecule has 9 nitrogen and oxygen atoms in total. The zero-order chi connectivity index (χ0) is 22.2. The zero-order valence-corrected chi connectivity index (χ0v) is 18.9. The highest BCUT2D eigenvalue weighted by atomic mass is 32.2. The third-order valence-corrected chi connectivity index (χ3v) is 5.81. The van der Waals surface area contributed by atoms with Gasteiger partial charge in [0.1, 0.15) is 0 Å². The monoisotopic (exact) mass is 439 g/mol. The summed E-state index contributed by atoms with van der Waals surface area (Å²) in [7, 11) is -1.95. The summed E-state index contributed by atoms with van der Waals surface area (Å²) in [5.41, 5.74) is 0.590. The minimum Gasteiger partial charge on any atom is -0.377 e. The van der Waals surface area contributed by atoms with Crippen LogP contribution in [0.1, 0.15) is 39.2 Å². The van der Waals surface area contributed by atoms with Crippen molar-refractivity contribution in [1.82, 2.24) is 20.7 Å². The molecule has 0 aromatic heterocycles. The topological polar surface area (TPSA) is 121 Å². The molecule has 1 aromatic rings. The first-order valence-electron chi connectivity index (χ1n) is 10.0. The van der Waals surface area contributed by atoms with Gasteiger partial charge in [0.15, 0.2) is 5.96 Å². The van der Waals surface area contributed by atoms with Gasteiger partial charge in [-0.3, -0.25) is 9.79 Å². The van der Waals surface area contributed by atoms with E-state index >= 15 is 0 Å². The van der Waals surface area contributed by atoms with Crippen molar-refractivity contribution in [3.05, 3.63) is 29.8 Å². The van der Waals surface area contributed by atoms with Gasteiger partial charge >= 0.3 is 0 Å². The zero-order valence-electron chi connectivity index (χ0n) is 18.1. The first-order chi connectivity index (χ1) is 14.1. The van der Waals surface area contributed by atoms with E-state index in [0.717, 1.165) is 18.4 Å². The van der Waals surface area contributed by atoms with E-state index in [1.165, 1.54) is 0 Å². The molecule has 1 atom stereocenters. The molecule has 0 aliphatic carbocycles. The third kappa shape index (κ3) is 8.29. The summed E-state index contributed by atoms with van der Waals surface area (Å²) in [4.78, 5) is 16.2. The number of carbonyl (C=O) groups is 1. The Bertz CT molecular complexity index is 826. The average molecular weight is 440 g/mol. The van der Waals surface area contributed by atoms with Crippen molar-refractivity contribution < 1.29 is 17.9 Å². The van der Waals surface area contributed by atoms with Crippen LogP contribution in [0.2, 0.25) is 0 Å². The van der Waals surface area contributed by atoms with E-state index in [1.807, 2.05) is 20.8 Å². The Kier molecular flexibility index (Phi) is 8.63. The van der Waals surface area contributed by atoms with Gasteiger partial charge in [0.25, 0.3) is 0 Å². The van der Waals surface area contributed by atoms with Crippen LogP contribution < -0.4 is 20.7 Å². The normalized spacial score (nSPS) is 17.6. The van der Waals surface area contributed by atoms with Crippen molar-refractivity contribution in [2.45, 2.75) is 56.7 Å². The van der Waals surface area contributed by atoms with Crippen molar-refractivity contribution in [2.24, 2.45) is 4.99 Å². The lowest BCUT2D eigenvalue weighted by Crippen LogP contribution is -2.48. The lowest BCUT2D eigenvalue weighted by atomic mass is 10.1. The molecule has 0 radical (unpaired) electrons. The standard InChI is InChI=1S/C20H33N5O4S/c1-20(2,3)25-18(26)14-23-19(21-4)22-12-15-7-9-17(10-8-15)30(27,28)24-13-16-6-5-11-29-16/h7-10,16,24H,5-6,11-14H2,1-4H3,(H,25,26)(H2,21,22,23). The summed E-state index contributed by atoms with van der Waals surface area (Å²) in [6.07, 6.45) is 1.79. The minimum absolute atomic E-state index is 0.0482. The van der Waals surface area contributed by atoms with Gasteiger partial charge in [0.2, 0.25) is 15.9 Å². The van der Waals surface area contributed by atoms with Crippen molar-refractivity contribution in [3.63, 3.8) is 0 Å². The van der Waals surface area contributed by atoms with E-state index in [9.17, 15) is 13.2 Å². The predicted molar refractivity (Wildman–Crippen MR) is 117 cm³/mol. The van der Waals surface area contributed by atoms with E-state index in [1.54, 1.807) is 31.3 Å². The SMILES string of the molecule is CN=C(NCC(=O)NC(C)(C)C)NCc1ccc(S(=O)(=O)NCC2CCCO2)cc1. The maximum absolute atomic E-state index is 12.4. The van der Waals surface area contributed by atoms with Crippen LogP contribution in [0.3, 0.4) is 0 Å². The summed E-state index contributed by atoms with van der Waals surface area (Å²) < 4.78 is 32.9. The first kappa shape index (κ1) is 24.1. The molecule has 1 heterocycles. The average Bonchev–Trinajstić information content (AvgIpc) is 3.19. The van der Waals surface area contributed by atoms with Gasteiger partial charge in [-0.05, 0) is 51.3 Å². The number of aliphatic imine (C=N–C) groups is 1. The van der Waals surface area contributed by atoms with E-state index in [2.05, 4.69) is 25.7 Å². The highest BCUT2D eigenvalue weighted by Gasteiger charge is 2.20. The van der Waals surface area contributed by atoms with Crippen molar-refractivity contribution in [3.8, 4) is 0 Å². The number of carbonyl (C=O) groups excluding carboxylic acids is 1. The Morgan fingerprint density at radius 3 is 2.47 bits per heavy atom. The van der Waals surface area contributed by atoms with Crippen LogP contribution in [0, 0.1) is 0 Å². The molecule has 4 N–H and O–H groups in total. The number of rotatable bonds is 8. The van der Waals surface area contributed by atoms with Gasteiger partial charge in [-0.15, -0.1) is 0 Å². The summed E-state index contributed by atoms with van der Waals surface area (Å²) in [6.45, 7) is 7.26. The van der Waals surface area contributed by atoms with Gasteiger partial charge in [-0.1, -0.05) is 12.1 Å². The quantitative estimate of drug-likeness (QED) is 0.350. The molecule has 0 bridgehead atoms. The molecule has 1 aliphatic heterocycles. The number of guanidine groups is 1. The van der Waals surface area contributed by atoms with Crippen LogP contribution in [0.15, 0.2) is 34.2 Å². The second-order valence-corrected chi connectivity index (χ2v) is 9.98. The second-order valence-electron chi connectivity index (χ2n) is 8.21. The number of ether oxygens (including phenoxy) is 1. The molecule has 1 saturated heterocycles. The summed E-state index contributed by atoms with van der Waals surface area (Å²) >= 11 is 0. The summed E-state index contributed by atoms with van der Waals surface area (Å²) in [5, 5.41) is 8.92. The van der Waals surface area contributed by atoms with E-state index in [0.29, 0.717) is 19.1 Å². The molecule has 1 unspecified atom stereocenters. The predicted octanol–water partition coefficient (Wildman–Crippen LogP) is 0.724. The van der Waals surface area contributed by atoms with Crippen LogP contribution in [0.25, 0.3) is 0 Å². The largest absolute Gasteiger partial charge is 0.377 e. The molecule has 1 fully saturated rings. The third-order valence-electron chi connectivity index (χ3n) is 4.37. The Morgan fingerprint density at radius 2 is 1.90 bits per heavy atom. The minimum atomic E-state index is -3.56. The molecule has 2 rings (SSSR count). The number of benzene rings is 1. The van der Waals surface area contributed by atoms with Crippen molar-refractivity contribution >= 4 is 21.9 Å². The fourth-order valence-corrected chi connectivity index (χ4v) is 3.98. The molecular weight excluding hydrogens is 406 g/mol. The molecule has 1 aromatic carbocycles. The Morgan fingerprint density at radius 1 is 1.20 bits per heavy atom. The maximum Gasteiger partial charge on any atom is 0.240 e. The van der Waals surface area contributed by atoms with E-state index < -0.39 is 10.0 Å². The highest BCUT2D eigenvalue weighted by molar-refractivity contribution is 7.89. The number of nitrogens with zero attached hydrogens (tertiary/aromatic N) is 1. The van der Waals surface area contributed by atoms with Crippen LogP contribution >= 0.6 is 0 Å². The number of hydrogen-bond acceptors (Lipinski definition) is 5. The summed E-state index contributed by atoms with van der Waals surface area (Å²) in [5.74, 6) is 0.351. The lowest BCUT2D eigenvalue weighted by molar-refractivity contribution is -0.121. The van der Waals surface area contributed by atoms with Crippen molar-refractivity contribution in [1.29, 1.82) is 0 Å². The van der Waals surface area contributed by atoms with Crippen LogP contribution in [0.5, 0.6) is 0 Å². The molecule has 168 valence electrons. The van der Waals surface area contributed by atoms with Crippen LogP contribution in [0.4, 0.5) is 0 Å². The number of nitrogens with one attached hydrogen (secondary N) is 4. The van der Waals surface area contributed by atoms with Crippen LogP contribution in [-0.2, 0) is 26.1 Å². The molecule has 0 saturated carbocycles. The first-order valence-corrected chi connectivity index (χ1v) is 11.5. The molecule has 30 heavy (non-hydrogen) atoms. The smallest absolute Gasteiger partial charge is 0.240 e. The number of hydrogen-bond donors (Lipinski definition) is 4. The van der Waals surface area contributed by atoms with E-state index in [4.69, 9.17) is 4.74 Å². The Labute approximate surface area is 179 Å². The Balaban J connectivity index is 1.82. The molecule has 0 spiro atoms. The van der Waals surface area contributed by atoms with Gasteiger partial charge in [0.05, 0.1) is 17.5 Å². The van der Waals surface area contributed by atoms with Gasteiger partial charge in [-0.2, -0.15) is 0 Å². The number of sulfonamides is 1. The van der Waals surface area contributed by atoms with Gasteiger partial charge < -0.3 is 20.7 Å². The highest BCUT2D eigenvalue weighted by Crippen LogP contribution is 2.14. The molecule has 1 amide bonds. The fraction of sp³-hybridized carbons (Fsp3) is 0.600. The molecule has 10 heteroatoms. The molecular formula is C20H33N5O4S.